The number of fused-ring (bicyclic) bond motifs is 2. The molecular weight excluding hydrogens is 673 g/mol. The van der Waals surface area contributed by atoms with Gasteiger partial charge in [0.2, 0.25) is 5.82 Å². The molecule has 0 saturated carbocycles. The van der Waals surface area contributed by atoms with Gasteiger partial charge < -0.3 is 20.5 Å². The fourth-order valence-corrected chi connectivity index (χ4v) is 5.55. The highest BCUT2D eigenvalue weighted by Gasteiger charge is 2.27. The largest absolute Gasteiger partial charge is 0.363 e. The minimum absolute atomic E-state index is 0. The zero-order chi connectivity index (χ0) is 26.2. The third kappa shape index (κ3) is 7.77. The summed E-state index contributed by atoms with van der Waals surface area (Å²) in [7, 11) is 0. The van der Waals surface area contributed by atoms with Gasteiger partial charge in [-0.1, -0.05) is 18.2 Å². The molecule has 2 fully saturated rings. The van der Waals surface area contributed by atoms with E-state index in [9.17, 15) is 0 Å². The van der Waals surface area contributed by atoms with Crippen molar-refractivity contribution in [2.24, 2.45) is 0 Å². The Morgan fingerprint density at radius 3 is 2.43 bits per heavy atom. The van der Waals surface area contributed by atoms with E-state index in [2.05, 4.69) is 30.6 Å². The van der Waals surface area contributed by atoms with Gasteiger partial charge in [-0.3, -0.25) is 4.90 Å². The molecule has 1 aromatic carbocycles. The number of pyridine rings is 1. The Morgan fingerprint density at radius 2 is 1.68 bits per heavy atom. The van der Waals surface area contributed by atoms with Crippen LogP contribution in [-0.4, -0.2) is 79.8 Å². The van der Waals surface area contributed by atoms with Crippen molar-refractivity contribution in [1.82, 2.24) is 39.8 Å². The first-order valence-electron chi connectivity index (χ1n) is 13.6. The van der Waals surface area contributed by atoms with Crippen molar-refractivity contribution < 1.29 is 4.39 Å². The van der Waals surface area contributed by atoms with Gasteiger partial charge in [-0.25, -0.2) is 19.5 Å². The molecule has 0 spiro atoms. The number of anilines is 2. The maximum Gasteiger partial charge on any atom is 0.207 e. The number of hydrogen-bond acceptors (Lipinski definition) is 8. The summed E-state index contributed by atoms with van der Waals surface area (Å²) in [5.74, 6) is 1.62. The summed E-state index contributed by atoms with van der Waals surface area (Å²) in [6.45, 7) is 5.38. The summed E-state index contributed by atoms with van der Waals surface area (Å²) in [6.07, 6.45) is 5.66. The minimum atomic E-state index is -0.397. The Kier molecular flexibility index (Phi) is 14.2. The number of rotatable bonds is 6. The highest BCUT2D eigenvalue weighted by atomic mass is 35.5. The van der Waals surface area contributed by atoms with Crippen LogP contribution in [0.2, 0.25) is 0 Å². The Labute approximate surface area is 286 Å². The fraction of sp³-hybridized carbons (Fsp3) is 0.357. The lowest BCUT2D eigenvalue weighted by molar-refractivity contribution is 0.243. The first kappa shape index (κ1) is 37.5. The summed E-state index contributed by atoms with van der Waals surface area (Å²) in [4.78, 5) is 22.0. The highest BCUT2D eigenvalue weighted by molar-refractivity contribution is 5.86. The van der Waals surface area contributed by atoms with Gasteiger partial charge in [0.05, 0.1) is 34.9 Å². The normalized spacial score (nSPS) is 16.6. The smallest absolute Gasteiger partial charge is 0.207 e. The monoisotopic (exact) mass is 706 g/mol. The molecule has 0 aliphatic carbocycles. The fourth-order valence-electron chi connectivity index (χ4n) is 5.55. The van der Waals surface area contributed by atoms with Crippen molar-refractivity contribution in [1.29, 1.82) is 0 Å². The Hall–Kier alpha value is -2.64. The number of para-hydroxylation sites is 2. The zero-order valence-corrected chi connectivity index (χ0v) is 27.8. The topological polar surface area (TPSA) is 102 Å². The summed E-state index contributed by atoms with van der Waals surface area (Å²) in [5.41, 5.74) is 3.69. The molecule has 16 heteroatoms. The number of aromatic amines is 1. The number of nitrogens with zero attached hydrogens (tertiary/aromatic N) is 7. The van der Waals surface area contributed by atoms with Crippen LogP contribution in [0, 0.1) is 5.82 Å². The second-order valence-corrected chi connectivity index (χ2v) is 10.3. The Morgan fingerprint density at radius 1 is 0.909 bits per heavy atom. The molecule has 0 radical (unpaired) electrons. The molecule has 1 atom stereocenters. The summed E-state index contributed by atoms with van der Waals surface area (Å²) >= 11 is 0. The number of halogens is 6. The van der Waals surface area contributed by atoms with E-state index in [1.165, 1.54) is 0 Å². The second-order valence-electron chi connectivity index (χ2n) is 10.3. The van der Waals surface area contributed by atoms with Gasteiger partial charge in [0.25, 0.3) is 0 Å². The van der Waals surface area contributed by atoms with E-state index < -0.39 is 5.82 Å². The van der Waals surface area contributed by atoms with Crippen LogP contribution in [0.4, 0.5) is 16.0 Å². The molecule has 240 valence electrons. The average Bonchev–Trinajstić information content (AvgIpc) is 3.59. The van der Waals surface area contributed by atoms with Gasteiger partial charge >= 0.3 is 0 Å². The van der Waals surface area contributed by atoms with Gasteiger partial charge in [-0.2, -0.15) is 9.49 Å². The molecule has 7 rings (SSSR count). The second kappa shape index (κ2) is 16.6. The molecule has 0 amide bonds. The molecule has 2 saturated heterocycles. The first-order chi connectivity index (χ1) is 19.2. The van der Waals surface area contributed by atoms with E-state index in [0.717, 1.165) is 73.5 Å². The van der Waals surface area contributed by atoms with E-state index in [4.69, 9.17) is 9.97 Å². The SMILES string of the molecule is Cl.Cl.Cl.Cl.Cl.Fc1c(N[C@@H]2CCCNC2)nc(-c2cnn3ccccc23)nc1N1CCN(Cc2nc3ccccc3[nH]2)CC1. The number of H-pyrrole nitrogens is 1. The molecule has 4 aromatic heterocycles. The minimum Gasteiger partial charge on any atom is -0.363 e. The van der Waals surface area contributed by atoms with Crippen molar-refractivity contribution >= 4 is 90.2 Å². The zero-order valence-electron chi connectivity index (χ0n) is 23.7. The lowest BCUT2D eigenvalue weighted by atomic mass is 10.1. The van der Waals surface area contributed by atoms with Gasteiger partial charge in [0.15, 0.2) is 17.5 Å². The highest BCUT2D eigenvalue weighted by Crippen LogP contribution is 2.30. The van der Waals surface area contributed by atoms with Crippen molar-refractivity contribution in [3.05, 3.63) is 66.5 Å². The number of piperazine rings is 1. The van der Waals surface area contributed by atoms with E-state index in [1.807, 2.05) is 53.6 Å². The number of imidazole rings is 1. The van der Waals surface area contributed by atoms with Crippen molar-refractivity contribution in [2.45, 2.75) is 25.4 Å². The van der Waals surface area contributed by atoms with Crippen LogP contribution in [-0.2, 0) is 6.54 Å². The molecule has 10 nitrogen and oxygen atoms in total. The molecule has 2 aliphatic rings. The molecule has 0 bridgehead atoms. The first-order valence-corrected chi connectivity index (χ1v) is 13.6. The van der Waals surface area contributed by atoms with E-state index >= 15 is 4.39 Å². The third-order valence-corrected chi connectivity index (χ3v) is 7.62. The maximum absolute atomic E-state index is 16.0. The lowest BCUT2D eigenvalue weighted by Crippen LogP contribution is -2.47. The van der Waals surface area contributed by atoms with E-state index in [1.54, 1.807) is 10.7 Å². The van der Waals surface area contributed by atoms with Gasteiger partial charge in [0.1, 0.15) is 5.82 Å². The van der Waals surface area contributed by atoms with E-state index in [0.29, 0.717) is 24.7 Å². The number of nitrogens with one attached hydrogen (secondary N) is 3. The van der Waals surface area contributed by atoms with E-state index in [-0.39, 0.29) is 73.9 Å². The van der Waals surface area contributed by atoms with Gasteiger partial charge in [-0.15, -0.1) is 62.0 Å². The summed E-state index contributed by atoms with van der Waals surface area (Å²) < 4.78 is 17.8. The summed E-state index contributed by atoms with van der Waals surface area (Å²) in [6, 6.07) is 14.0. The Balaban J connectivity index is 0.00000135. The number of benzene rings is 1. The molecule has 44 heavy (non-hydrogen) atoms. The van der Waals surface area contributed by atoms with Crippen LogP contribution in [0.1, 0.15) is 18.7 Å². The van der Waals surface area contributed by atoms with Crippen LogP contribution in [0.5, 0.6) is 0 Å². The third-order valence-electron chi connectivity index (χ3n) is 7.62. The number of hydrogen-bond donors (Lipinski definition) is 3. The predicted molar refractivity (Wildman–Crippen MR) is 186 cm³/mol. The molecule has 0 unspecified atom stereocenters. The van der Waals surface area contributed by atoms with Crippen LogP contribution < -0.4 is 15.5 Å². The maximum atomic E-state index is 16.0. The van der Waals surface area contributed by atoms with Gasteiger partial charge in [0, 0.05) is 45.0 Å². The standard InChI is InChI=1S/C28H31FN10.5ClH/c29-25-27(32-19-6-5-10-30-16-19)35-26(20-17-31-39-11-4-3-9-23(20)39)36-28(25)38-14-12-37(13-15-38)18-24-33-21-7-1-2-8-22(21)34-24;;;;;/h1-4,7-9,11,17,19,30H,5-6,10,12-16,18H2,(H,33,34)(H,32,35,36);5*1H/t19-;;;;;/m1...../s1. The molecule has 5 aromatic rings. The van der Waals surface area contributed by atoms with Crippen LogP contribution in [0.15, 0.2) is 54.9 Å². The number of aromatic nitrogens is 6. The lowest BCUT2D eigenvalue weighted by Gasteiger charge is -2.35. The number of piperidine rings is 1. The quantitative estimate of drug-likeness (QED) is 0.216. The van der Waals surface area contributed by atoms with Crippen LogP contribution in [0.3, 0.4) is 0 Å². The molecule has 3 N–H and O–H groups in total. The average molecular weight is 709 g/mol. The van der Waals surface area contributed by atoms with Gasteiger partial charge in [-0.05, 0) is 43.7 Å². The Bertz CT molecular complexity index is 1590. The van der Waals surface area contributed by atoms with Crippen LogP contribution >= 0.6 is 62.0 Å². The van der Waals surface area contributed by atoms with Crippen molar-refractivity contribution in [3.63, 3.8) is 0 Å². The van der Waals surface area contributed by atoms with Crippen LogP contribution in [0.25, 0.3) is 27.9 Å². The molecule has 2 aliphatic heterocycles. The van der Waals surface area contributed by atoms with Crippen molar-refractivity contribution in [2.75, 3.05) is 49.5 Å². The molecule has 6 heterocycles. The molecular formula is C28H36Cl5FN10. The summed E-state index contributed by atoms with van der Waals surface area (Å²) in [5, 5.41) is 11.2. The predicted octanol–water partition coefficient (Wildman–Crippen LogP) is 5.40. The van der Waals surface area contributed by atoms with Crippen molar-refractivity contribution in [3.8, 4) is 11.4 Å².